The molecule has 1 aliphatic heterocycles. The molecule has 0 saturated carbocycles. The Morgan fingerprint density at radius 1 is 1.09 bits per heavy atom. The highest BCUT2D eigenvalue weighted by Gasteiger charge is 2.28. The molecule has 174 valence electrons. The predicted molar refractivity (Wildman–Crippen MR) is 117 cm³/mol. The van der Waals surface area contributed by atoms with Crippen molar-refractivity contribution in [2.45, 2.75) is 32.8 Å². The van der Waals surface area contributed by atoms with Gasteiger partial charge in [-0.2, -0.15) is 0 Å². The third kappa shape index (κ3) is 5.86. The van der Waals surface area contributed by atoms with Gasteiger partial charge in [-0.3, -0.25) is 9.69 Å². The molecule has 1 aromatic carbocycles. The maximum atomic E-state index is 12.8. The Morgan fingerprint density at radius 2 is 1.81 bits per heavy atom. The summed E-state index contributed by atoms with van der Waals surface area (Å²) in [6.07, 6.45) is 0.113. The van der Waals surface area contributed by atoms with Gasteiger partial charge in [0, 0.05) is 25.0 Å². The lowest BCUT2D eigenvalue weighted by Crippen LogP contribution is -2.37. The molecule has 0 bridgehead atoms. The van der Waals surface area contributed by atoms with Crippen molar-refractivity contribution in [1.82, 2.24) is 9.47 Å². The number of methoxy groups -OCH3 is 1. The molecule has 9 heteroatoms. The lowest BCUT2D eigenvalue weighted by Gasteiger charge is -2.26. The molecule has 1 aromatic heterocycles. The highest BCUT2D eigenvalue weighted by atomic mass is 16.6. The summed E-state index contributed by atoms with van der Waals surface area (Å²) in [5.74, 6) is -1.38. The third-order valence-corrected chi connectivity index (χ3v) is 4.94. The fourth-order valence-electron chi connectivity index (χ4n) is 3.45. The molecule has 32 heavy (non-hydrogen) atoms. The van der Waals surface area contributed by atoms with Gasteiger partial charge in [-0.05, 0) is 51.5 Å². The van der Waals surface area contributed by atoms with Gasteiger partial charge in [0.15, 0.2) is 0 Å². The monoisotopic (exact) mass is 446 g/mol. The Morgan fingerprint density at radius 3 is 2.47 bits per heavy atom. The average Bonchev–Trinajstić information content (AvgIpc) is 3.14. The van der Waals surface area contributed by atoms with Gasteiger partial charge >= 0.3 is 12.1 Å². The van der Waals surface area contributed by atoms with Crippen LogP contribution in [-0.2, 0) is 19.0 Å². The smallest absolute Gasteiger partial charge is 0.419 e. The standard InChI is InChI=1S/C23H30N2O7/c1-23(2,3)32-22(28)25-18-7-6-17(31-11-5-8-24-9-12-30-13-10-24)14-16(18)15-19(25)20(26)21(27)29-4/h6-7,14-15H,5,8-13H2,1-4H3. The van der Waals surface area contributed by atoms with Crippen molar-refractivity contribution in [2.75, 3.05) is 46.6 Å². The predicted octanol–water partition coefficient (Wildman–Crippen LogP) is 2.88. The molecular weight excluding hydrogens is 416 g/mol. The van der Waals surface area contributed by atoms with Gasteiger partial charge in [0.2, 0.25) is 0 Å². The van der Waals surface area contributed by atoms with Crippen molar-refractivity contribution in [1.29, 1.82) is 0 Å². The van der Waals surface area contributed by atoms with Crippen LogP contribution in [0.1, 0.15) is 37.7 Å². The number of rotatable bonds is 7. The minimum Gasteiger partial charge on any atom is -0.494 e. The SMILES string of the molecule is COC(=O)C(=O)c1cc2cc(OCCCN3CCOCC3)ccc2n1C(=O)OC(C)(C)C. The lowest BCUT2D eigenvalue weighted by atomic mass is 10.2. The van der Waals surface area contributed by atoms with Gasteiger partial charge in [0.25, 0.3) is 5.78 Å². The zero-order valence-corrected chi connectivity index (χ0v) is 19.0. The largest absolute Gasteiger partial charge is 0.494 e. The topological polar surface area (TPSA) is 96.3 Å². The molecular formula is C23H30N2O7. The average molecular weight is 447 g/mol. The number of aromatic nitrogens is 1. The number of ketones is 1. The number of esters is 1. The first-order chi connectivity index (χ1) is 15.2. The highest BCUT2D eigenvalue weighted by Crippen LogP contribution is 2.27. The highest BCUT2D eigenvalue weighted by molar-refractivity contribution is 6.41. The summed E-state index contributed by atoms with van der Waals surface area (Å²) in [5, 5.41) is 0.578. The van der Waals surface area contributed by atoms with Crippen LogP contribution >= 0.6 is 0 Å². The van der Waals surface area contributed by atoms with E-state index < -0.39 is 23.4 Å². The number of hydrogen-bond donors (Lipinski definition) is 0. The Balaban J connectivity index is 1.79. The van der Waals surface area contributed by atoms with E-state index in [1.165, 1.54) is 6.07 Å². The van der Waals surface area contributed by atoms with Crippen LogP contribution in [0, 0.1) is 0 Å². The second kappa shape index (κ2) is 10.1. The van der Waals surface area contributed by atoms with E-state index in [9.17, 15) is 14.4 Å². The summed E-state index contributed by atoms with van der Waals surface area (Å²) < 4.78 is 22.3. The lowest BCUT2D eigenvalue weighted by molar-refractivity contribution is -0.135. The maximum absolute atomic E-state index is 12.8. The molecule has 0 N–H and O–H groups in total. The quantitative estimate of drug-likeness (QED) is 0.277. The Bertz CT molecular complexity index is 984. The van der Waals surface area contributed by atoms with E-state index in [-0.39, 0.29) is 5.69 Å². The summed E-state index contributed by atoms with van der Waals surface area (Å²) in [7, 11) is 1.11. The molecule has 9 nitrogen and oxygen atoms in total. The minimum atomic E-state index is -1.06. The van der Waals surface area contributed by atoms with Gasteiger partial charge in [-0.15, -0.1) is 0 Å². The summed E-state index contributed by atoms with van der Waals surface area (Å²) in [4.78, 5) is 39.5. The number of fused-ring (bicyclic) bond motifs is 1. The number of carbonyl (C=O) groups excluding carboxylic acids is 3. The first-order valence-electron chi connectivity index (χ1n) is 10.6. The van der Waals surface area contributed by atoms with Gasteiger partial charge < -0.3 is 18.9 Å². The molecule has 0 atom stereocenters. The summed E-state index contributed by atoms with van der Waals surface area (Å²) in [5.41, 5.74) is -0.458. The molecule has 1 aliphatic rings. The second-order valence-corrected chi connectivity index (χ2v) is 8.54. The third-order valence-electron chi connectivity index (χ3n) is 4.94. The van der Waals surface area contributed by atoms with Gasteiger partial charge in [-0.1, -0.05) is 0 Å². The van der Waals surface area contributed by atoms with E-state index in [0.29, 0.717) is 23.3 Å². The Kier molecular flexibility index (Phi) is 7.52. The zero-order valence-electron chi connectivity index (χ0n) is 19.0. The van der Waals surface area contributed by atoms with Crippen molar-refractivity contribution in [3.8, 4) is 5.75 Å². The minimum absolute atomic E-state index is 0.120. The maximum Gasteiger partial charge on any atom is 0.419 e. The number of ether oxygens (including phenoxy) is 4. The van der Waals surface area contributed by atoms with Crippen LogP contribution in [0.2, 0.25) is 0 Å². The number of morpholine rings is 1. The normalized spacial score (nSPS) is 14.9. The van der Waals surface area contributed by atoms with Crippen LogP contribution in [0.5, 0.6) is 5.75 Å². The molecule has 0 aliphatic carbocycles. The molecule has 3 rings (SSSR count). The fourth-order valence-corrected chi connectivity index (χ4v) is 3.45. The number of hydrogen-bond acceptors (Lipinski definition) is 8. The Hall–Kier alpha value is -2.91. The van der Waals surface area contributed by atoms with Crippen LogP contribution < -0.4 is 4.74 Å². The molecule has 1 saturated heterocycles. The summed E-state index contributed by atoms with van der Waals surface area (Å²) in [6.45, 7) is 10.0. The van der Waals surface area contributed by atoms with Crippen molar-refractivity contribution >= 4 is 28.7 Å². The number of nitrogens with zero attached hydrogens (tertiary/aromatic N) is 2. The van der Waals surface area contributed by atoms with Crippen LogP contribution in [0.15, 0.2) is 24.3 Å². The van der Waals surface area contributed by atoms with Gasteiger partial charge in [0.05, 0.1) is 32.4 Å². The van der Waals surface area contributed by atoms with Crippen molar-refractivity contribution in [2.24, 2.45) is 0 Å². The molecule has 2 heterocycles. The van der Waals surface area contributed by atoms with Crippen LogP contribution in [0.3, 0.4) is 0 Å². The number of carbonyl (C=O) groups is 3. The second-order valence-electron chi connectivity index (χ2n) is 8.54. The number of Topliss-reactive ketones (excluding diaryl/α,β-unsaturated/α-hetero) is 1. The summed E-state index contributed by atoms with van der Waals surface area (Å²) >= 11 is 0. The van der Waals surface area contributed by atoms with Crippen molar-refractivity contribution in [3.63, 3.8) is 0 Å². The molecule has 0 radical (unpaired) electrons. The molecule has 0 spiro atoms. The molecule has 0 amide bonds. The van der Waals surface area contributed by atoms with E-state index in [4.69, 9.17) is 14.2 Å². The summed E-state index contributed by atoms with van der Waals surface area (Å²) in [6, 6.07) is 6.60. The number of benzene rings is 1. The molecule has 2 aromatic rings. The molecule has 1 fully saturated rings. The van der Waals surface area contributed by atoms with Crippen molar-refractivity contribution in [3.05, 3.63) is 30.0 Å². The first-order valence-corrected chi connectivity index (χ1v) is 10.6. The van der Waals surface area contributed by atoms with Crippen LogP contribution in [0.25, 0.3) is 10.9 Å². The Labute approximate surface area is 187 Å². The zero-order chi connectivity index (χ0) is 23.3. The van der Waals surface area contributed by atoms with E-state index >= 15 is 0 Å². The fraction of sp³-hybridized carbons (Fsp3) is 0.522. The van der Waals surface area contributed by atoms with E-state index in [0.717, 1.165) is 50.9 Å². The van der Waals surface area contributed by atoms with E-state index in [1.54, 1.807) is 39.0 Å². The van der Waals surface area contributed by atoms with E-state index in [1.807, 2.05) is 0 Å². The van der Waals surface area contributed by atoms with Crippen LogP contribution in [0.4, 0.5) is 4.79 Å². The first kappa shape index (κ1) is 23.7. The molecule has 0 unspecified atom stereocenters. The van der Waals surface area contributed by atoms with Crippen molar-refractivity contribution < 1.29 is 33.3 Å². The van der Waals surface area contributed by atoms with Gasteiger partial charge in [0.1, 0.15) is 17.0 Å². The van der Waals surface area contributed by atoms with Crippen LogP contribution in [-0.4, -0.2) is 79.5 Å². The van der Waals surface area contributed by atoms with E-state index in [2.05, 4.69) is 9.64 Å². The van der Waals surface area contributed by atoms with Gasteiger partial charge in [-0.25, -0.2) is 14.2 Å².